The first-order valence-electron chi connectivity index (χ1n) is 5.43. The minimum atomic E-state index is -0.904. The minimum Gasteiger partial charge on any atom is -0.394 e. The number of anilines is 1. The fourth-order valence-corrected chi connectivity index (χ4v) is 1.19. The molecule has 1 aromatic rings. The van der Waals surface area contributed by atoms with Gasteiger partial charge in [0.2, 0.25) is 0 Å². The molecule has 5 nitrogen and oxygen atoms in total. The summed E-state index contributed by atoms with van der Waals surface area (Å²) in [6.45, 7) is 2.88. The van der Waals surface area contributed by atoms with E-state index >= 15 is 0 Å². The Bertz CT molecular complexity index is 463. The number of amides is 2. The van der Waals surface area contributed by atoms with Gasteiger partial charge in [0.1, 0.15) is 5.82 Å². The number of nitrogens with one attached hydrogen (secondary N) is 2. The summed E-state index contributed by atoms with van der Waals surface area (Å²) in [5.74, 6) is -2.24. The molecule has 1 rings (SSSR count). The van der Waals surface area contributed by atoms with E-state index in [1.165, 1.54) is 12.1 Å². The van der Waals surface area contributed by atoms with Gasteiger partial charge in [-0.25, -0.2) is 4.39 Å². The Hall–Kier alpha value is -1.95. The molecule has 0 heterocycles. The van der Waals surface area contributed by atoms with E-state index in [4.69, 9.17) is 5.11 Å². The van der Waals surface area contributed by atoms with Crippen LogP contribution in [0.25, 0.3) is 0 Å². The summed E-state index contributed by atoms with van der Waals surface area (Å²) in [7, 11) is 0. The van der Waals surface area contributed by atoms with E-state index in [9.17, 15) is 14.0 Å². The molecule has 0 aliphatic carbocycles. The van der Waals surface area contributed by atoms with Crippen molar-refractivity contribution in [3.05, 3.63) is 29.6 Å². The maximum atomic E-state index is 13.2. The molecule has 0 saturated heterocycles. The van der Waals surface area contributed by atoms with Gasteiger partial charge in [0.05, 0.1) is 6.61 Å². The first kappa shape index (κ1) is 14.1. The van der Waals surface area contributed by atoms with E-state index < -0.39 is 23.7 Å². The molecule has 0 spiro atoms. The van der Waals surface area contributed by atoms with Crippen LogP contribution in [0.1, 0.15) is 12.5 Å². The van der Waals surface area contributed by atoms with Crippen LogP contribution in [0.2, 0.25) is 0 Å². The van der Waals surface area contributed by atoms with E-state index in [0.29, 0.717) is 5.56 Å². The van der Waals surface area contributed by atoms with Crippen LogP contribution < -0.4 is 10.6 Å². The Morgan fingerprint density at radius 1 is 1.39 bits per heavy atom. The molecule has 98 valence electrons. The highest BCUT2D eigenvalue weighted by molar-refractivity contribution is 6.39. The fraction of sp³-hybridized carbons (Fsp3) is 0.333. The minimum absolute atomic E-state index is 0.204. The van der Waals surface area contributed by atoms with Crippen LogP contribution in [0, 0.1) is 12.7 Å². The average Bonchev–Trinajstić information content (AvgIpc) is 2.33. The first-order chi connectivity index (χ1) is 8.43. The Balaban J connectivity index is 2.64. The monoisotopic (exact) mass is 254 g/mol. The number of carbonyl (C=O) groups is 2. The number of rotatable bonds is 3. The van der Waals surface area contributed by atoms with Crippen LogP contribution in [-0.4, -0.2) is 29.6 Å². The largest absolute Gasteiger partial charge is 0.394 e. The van der Waals surface area contributed by atoms with Crippen molar-refractivity contribution in [2.45, 2.75) is 19.9 Å². The van der Waals surface area contributed by atoms with Crippen molar-refractivity contribution in [3.63, 3.8) is 0 Å². The van der Waals surface area contributed by atoms with Crippen LogP contribution in [0.5, 0.6) is 0 Å². The number of carbonyl (C=O) groups excluding carboxylic acids is 2. The molecule has 0 aromatic heterocycles. The van der Waals surface area contributed by atoms with E-state index in [0.717, 1.165) is 6.07 Å². The quantitative estimate of drug-likeness (QED) is 0.690. The molecule has 0 aliphatic heterocycles. The molecule has 3 N–H and O–H groups in total. The van der Waals surface area contributed by atoms with E-state index in [-0.39, 0.29) is 12.3 Å². The number of benzene rings is 1. The van der Waals surface area contributed by atoms with E-state index in [1.54, 1.807) is 13.8 Å². The second-order valence-electron chi connectivity index (χ2n) is 3.98. The SMILES string of the molecule is Cc1ccc(NC(=O)C(=O)NC(C)CO)cc1F. The van der Waals surface area contributed by atoms with Crippen LogP contribution in [-0.2, 0) is 9.59 Å². The average molecular weight is 254 g/mol. The van der Waals surface area contributed by atoms with Crippen molar-refractivity contribution < 1.29 is 19.1 Å². The third kappa shape index (κ3) is 3.81. The van der Waals surface area contributed by atoms with Gasteiger partial charge in [-0.3, -0.25) is 9.59 Å². The van der Waals surface area contributed by atoms with Gasteiger partial charge in [-0.2, -0.15) is 0 Å². The molecule has 2 amide bonds. The number of halogens is 1. The lowest BCUT2D eigenvalue weighted by Gasteiger charge is -2.10. The summed E-state index contributed by atoms with van der Waals surface area (Å²) < 4.78 is 13.2. The van der Waals surface area contributed by atoms with Gasteiger partial charge in [0.25, 0.3) is 0 Å². The lowest BCUT2D eigenvalue weighted by molar-refractivity contribution is -0.136. The normalized spacial score (nSPS) is 11.8. The predicted octanol–water partition coefficient (Wildman–Crippen LogP) is 0.570. The smallest absolute Gasteiger partial charge is 0.313 e. The highest BCUT2D eigenvalue weighted by atomic mass is 19.1. The molecule has 0 fully saturated rings. The maximum Gasteiger partial charge on any atom is 0.313 e. The van der Waals surface area contributed by atoms with Crippen LogP contribution in [0.4, 0.5) is 10.1 Å². The van der Waals surface area contributed by atoms with E-state index in [2.05, 4.69) is 10.6 Å². The molecule has 0 radical (unpaired) electrons. The van der Waals surface area contributed by atoms with Crippen molar-refractivity contribution in [1.82, 2.24) is 5.32 Å². The van der Waals surface area contributed by atoms with Gasteiger partial charge >= 0.3 is 11.8 Å². The van der Waals surface area contributed by atoms with Crippen molar-refractivity contribution in [3.8, 4) is 0 Å². The number of aliphatic hydroxyl groups is 1. The third-order valence-corrected chi connectivity index (χ3v) is 2.29. The summed E-state index contributed by atoms with van der Waals surface area (Å²) in [6.07, 6.45) is 0. The fourth-order valence-electron chi connectivity index (χ4n) is 1.19. The Labute approximate surface area is 104 Å². The van der Waals surface area contributed by atoms with Gasteiger partial charge in [0, 0.05) is 11.7 Å². The molecule has 6 heteroatoms. The van der Waals surface area contributed by atoms with Gasteiger partial charge < -0.3 is 15.7 Å². The molecular formula is C12H15FN2O3. The molecule has 0 aliphatic rings. The predicted molar refractivity (Wildman–Crippen MR) is 64.5 cm³/mol. The second-order valence-corrected chi connectivity index (χ2v) is 3.98. The van der Waals surface area contributed by atoms with Crippen LogP contribution in [0.3, 0.4) is 0 Å². The lowest BCUT2D eigenvalue weighted by Crippen LogP contribution is -2.42. The number of hydrogen-bond acceptors (Lipinski definition) is 3. The van der Waals surface area contributed by atoms with Gasteiger partial charge in [-0.15, -0.1) is 0 Å². The van der Waals surface area contributed by atoms with Crippen molar-refractivity contribution in [1.29, 1.82) is 0 Å². The zero-order chi connectivity index (χ0) is 13.7. The molecule has 0 saturated carbocycles. The standard InChI is InChI=1S/C12H15FN2O3/c1-7-3-4-9(5-10(7)13)15-12(18)11(17)14-8(2)6-16/h3-5,8,16H,6H2,1-2H3,(H,14,17)(H,15,18). The highest BCUT2D eigenvalue weighted by Crippen LogP contribution is 2.13. The summed E-state index contributed by atoms with van der Waals surface area (Å²) in [5.41, 5.74) is 0.654. The first-order valence-corrected chi connectivity index (χ1v) is 5.43. The topological polar surface area (TPSA) is 78.4 Å². The molecule has 1 unspecified atom stereocenters. The second kappa shape index (κ2) is 6.11. The summed E-state index contributed by atoms with van der Waals surface area (Å²) in [6, 6.07) is 3.62. The van der Waals surface area contributed by atoms with Gasteiger partial charge in [-0.05, 0) is 31.5 Å². The molecular weight excluding hydrogens is 239 g/mol. The molecule has 0 bridgehead atoms. The summed E-state index contributed by atoms with van der Waals surface area (Å²) >= 11 is 0. The maximum absolute atomic E-state index is 13.2. The zero-order valence-electron chi connectivity index (χ0n) is 10.2. The lowest BCUT2D eigenvalue weighted by atomic mass is 10.2. The Kier molecular flexibility index (Phi) is 4.79. The molecule has 18 heavy (non-hydrogen) atoms. The third-order valence-electron chi connectivity index (χ3n) is 2.29. The van der Waals surface area contributed by atoms with Crippen molar-refractivity contribution >= 4 is 17.5 Å². The molecule has 1 aromatic carbocycles. The highest BCUT2D eigenvalue weighted by Gasteiger charge is 2.16. The zero-order valence-corrected chi connectivity index (χ0v) is 10.2. The van der Waals surface area contributed by atoms with Gasteiger partial charge in [-0.1, -0.05) is 6.07 Å². The Morgan fingerprint density at radius 3 is 2.61 bits per heavy atom. The summed E-state index contributed by atoms with van der Waals surface area (Å²) in [4.78, 5) is 22.8. The number of hydrogen-bond donors (Lipinski definition) is 3. The van der Waals surface area contributed by atoms with Gasteiger partial charge in [0.15, 0.2) is 0 Å². The molecule has 1 atom stereocenters. The van der Waals surface area contributed by atoms with Crippen LogP contribution >= 0.6 is 0 Å². The van der Waals surface area contributed by atoms with Crippen LogP contribution in [0.15, 0.2) is 18.2 Å². The van der Waals surface area contributed by atoms with E-state index in [1.807, 2.05) is 0 Å². The Morgan fingerprint density at radius 2 is 2.06 bits per heavy atom. The summed E-state index contributed by atoms with van der Waals surface area (Å²) in [5, 5.41) is 13.3. The van der Waals surface area contributed by atoms with Crippen molar-refractivity contribution in [2.24, 2.45) is 0 Å². The van der Waals surface area contributed by atoms with Crippen molar-refractivity contribution in [2.75, 3.05) is 11.9 Å². The number of aryl methyl sites for hydroxylation is 1. The number of aliphatic hydroxyl groups excluding tert-OH is 1.